The van der Waals surface area contributed by atoms with Gasteiger partial charge in [-0.25, -0.2) is 13.8 Å². The van der Waals surface area contributed by atoms with Gasteiger partial charge in [-0.2, -0.15) is 5.10 Å². The van der Waals surface area contributed by atoms with Gasteiger partial charge < -0.3 is 14.8 Å². The van der Waals surface area contributed by atoms with E-state index in [-0.39, 0.29) is 24.1 Å². The molecule has 0 spiro atoms. The SMILES string of the molecule is Cn1ncc(C=CC(=O)Nc2ccc(Cn3c(O)coc3=O)cc2)c1-c1ccc(F)cc1. The number of anilines is 1. The number of aromatic nitrogens is 3. The van der Waals surface area contributed by atoms with Crippen molar-refractivity contribution in [1.82, 2.24) is 14.3 Å². The lowest BCUT2D eigenvalue weighted by Gasteiger charge is -2.06. The maximum absolute atomic E-state index is 13.2. The molecule has 2 heterocycles. The van der Waals surface area contributed by atoms with Gasteiger partial charge in [-0.1, -0.05) is 12.1 Å². The summed E-state index contributed by atoms with van der Waals surface area (Å²) in [5.41, 5.74) is 3.57. The Hall–Kier alpha value is -4.40. The predicted molar refractivity (Wildman–Crippen MR) is 116 cm³/mol. The van der Waals surface area contributed by atoms with Gasteiger partial charge in [-0.3, -0.25) is 9.48 Å². The fourth-order valence-corrected chi connectivity index (χ4v) is 3.23. The molecule has 0 atom stereocenters. The van der Waals surface area contributed by atoms with Crippen LogP contribution in [0.4, 0.5) is 10.1 Å². The summed E-state index contributed by atoms with van der Waals surface area (Å²) in [6.07, 6.45) is 5.64. The molecular formula is C23H19FN4O4. The largest absolute Gasteiger partial charge is 0.492 e. The molecule has 0 aliphatic heterocycles. The average Bonchev–Trinajstić information content (AvgIpc) is 3.31. The molecular weight excluding hydrogens is 415 g/mol. The minimum absolute atomic E-state index is 0.141. The van der Waals surface area contributed by atoms with Gasteiger partial charge in [-0.15, -0.1) is 0 Å². The zero-order chi connectivity index (χ0) is 22.7. The highest BCUT2D eigenvalue weighted by Crippen LogP contribution is 2.24. The zero-order valence-electron chi connectivity index (χ0n) is 17.0. The van der Waals surface area contributed by atoms with Gasteiger partial charge in [0.15, 0.2) is 6.26 Å². The predicted octanol–water partition coefficient (Wildman–Crippen LogP) is 3.39. The maximum atomic E-state index is 13.2. The fourth-order valence-electron chi connectivity index (χ4n) is 3.23. The molecule has 0 aliphatic rings. The number of carbonyl (C=O) groups excluding carboxylic acids is 1. The van der Waals surface area contributed by atoms with Crippen molar-refractivity contribution in [2.24, 2.45) is 7.05 Å². The van der Waals surface area contributed by atoms with E-state index in [1.54, 1.807) is 60.4 Å². The van der Waals surface area contributed by atoms with E-state index in [0.717, 1.165) is 33.2 Å². The second kappa shape index (κ2) is 8.76. The lowest BCUT2D eigenvalue weighted by Crippen LogP contribution is -2.14. The number of hydrogen-bond acceptors (Lipinski definition) is 5. The Balaban J connectivity index is 1.43. The maximum Gasteiger partial charge on any atom is 0.422 e. The van der Waals surface area contributed by atoms with Crippen molar-refractivity contribution in [2.75, 3.05) is 5.32 Å². The highest BCUT2D eigenvalue weighted by Gasteiger charge is 2.10. The Labute approximate surface area is 181 Å². The normalized spacial score (nSPS) is 11.2. The molecule has 2 N–H and O–H groups in total. The third-order valence-corrected chi connectivity index (χ3v) is 4.82. The minimum Gasteiger partial charge on any atom is -0.492 e. The minimum atomic E-state index is -0.652. The third kappa shape index (κ3) is 4.51. The number of nitrogens with one attached hydrogen (secondary N) is 1. The molecule has 2 aromatic heterocycles. The molecule has 0 saturated carbocycles. The second-order valence-electron chi connectivity index (χ2n) is 7.04. The average molecular weight is 434 g/mol. The number of hydrogen-bond donors (Lipinski definition) is 2. The molecule has 0 fully saturated rings. The van der Waals surface area contributed by atoms with Crippen molar-refractivity contribution >= 4 is 17.7 Å². The van der Waals surface area contributed by atoms with E-state index >= 15 is 0 Å². The smallest absolute Gasteiger partial charge is 0.422 e. The van der Waals surface area contributed by atoms with Crippen LogP contribution in [0.25, 0.3) is 17.3 Å². The summed E-state index contributed by atoms with van der Waals surface area (Å²) in [5, 5.41) is 16.6. The molecule has 4 rings (SSSR count). The van der Waals surface area contributed by atoms with Gasteiger partial charge in [0, 0.05) is 29.9 Å². The molecule has 2 aromatic carbocycles. The van der Waals surface area contributed by atoms with Crippen molar-refractivity contribution in [3.05, 3.63) is 94.6 Å². The molecule has 0 radical (unpaired) electrons. The molecule has 162 valence electrons. The number of aryl methyl sites for hydroxylation is 1. The number of carbonyl (C=O) groups is 1. The van der Waals surface area contributed by atoms with E-state index in [1.165, 1.54) is 18.2 Å². The summed E-state index contributed by atoms with van der Waals surface area (Å²) >= 11 is 0. The molecule has 8 nitrogen and oxygen atoms in total. The Bertz CT molecular complexity index is 1330. The first-order valence-electron chi connectivity index (χ1n) is 9.64. The van der Waals surface area contributed by atoms with Crippen molar-refractivity contribution in [3.8, 4) is 17.1 Å². The summed E-state index contributed by atoms with van der Waals surface area (Å²) in [7, 11) is 1.77. The lowest BCUT2D eigenvalue weighted by atomic mass is 10.1. The van der Waals surface area contributed by atoms with E-state index in [0.29, 0.717) is 5.69 Å². The van der Waals surface area contributed by atoms with E-state index in [1.807, 2.05) is 0 Å². The van der Waals surface area contributed by atoms with Crippen LogP contribution < -0.4 is 11.1 Å². The summed E-state index contributed by atoms with van der Waals surface area (Å²) in [4.78, 5) is 23.9. The quantitative estimate of drug-likeness (QED) is 0.453. The van der Waals surface area contributed by atoms with Crippen LogP contribution in [0.5, 0.6) is 5.88 Å². The molecule has 0 saturated heterocycles. The summed E-state index contributed by atoms with van der Waals surface area (Å²) in [6.45, 7) is 0.141. The second-order valence-corrected chi connectivity index (χ2v) is 7.04. The van der Waals surface area contributed by atoms with Crippen molar-refractivity contribution < 1.29 is 18.7 Å². The lowest BCUT2D eigenvalue weighted by molar-refractivity contribution is -0.111. The zero-order valence-corrected chi connectivity index (χ0v) is 17.0. The first-order chi connectivity index (χ1) is 15.4. The Kier molecular flexibility index (Phi) is 5.71. The summed E-state index contributed by atoms with van der Waals surface area (Å²) < 4.78 is 20.6. The highest BCUT2D eigenvalue weighted by atomic mass is 19.1. The first kappa shape index (κ1) is 20.9. The highest BCUT2D eigenvalue weighted by molar-refractivity contribution is 6.02. The number of nitrogens with zero attached hydrogens (tertiary/aromatic N) is 3. The molecule has 1 amide bonds. The van der Waals surface area contributed by atoms with Crippen LogP contribution in [0.15, 0.2) is 76.3 Å². The first-order valence-corrected chi connectivity index (χ1v) is 9.64. The Morgan fingerprint density at radius 3 is 2.56 bits per heavy atom. The van der Waals surface area contributed by atoms with Crippen LogP contribution in [0, 0.1) is 5.82 Å². The molecule has 0 aliphatic carbocycles. The van der Waals surface area contributed by atoms with Gasteiger partial charge in [0.1, 0.15) is 5.82 Å². The number of benzene rings is 2. The van der Waals surface area contributed by atoms with Gasteiger partial charge >= 0.3 is 5.76 Å². The van der Waals surface area contributed by atoms with E-state index in [9.17, 15) is 19.1 Å². The van der Waals surface area contributed by atoms with Gasteiger partial charge in [0.25, 0.3) is 0 Å². The van der Waals surface area contributed by atoms with Gasteiger partial charge in [0.2, 0.25) is 11.8 Å². The number of oxazole rings is 1. The number of amides is 1. The molecule has 9 heteroatoms. The Morgan fingerprint density at radius 2 is 1.91 bits per heavy atom. The van der Waals surface area contributed by atoms with Crippen LogP contribution >= 0.6 is 0 Å². The Morgan fingerprint density at radius 1 is 1.19 bits per heavy atom. The van der Waals surface area contributed by atoms with E-state index < -0.39 is 5.76 Å². The monoisotopic (exact) mass is 434 g/mol. The number of halogens is 1. The van der Waals surface area contributed by atoms with Crippen molar-refractivity contribution in [3.63, 3.8) is 0 Å². The van der Waals surface area contributed by atoms with E-state index in [4.69, 9.17) is 0 Å². The van der Waals surface area contributed by atoms with Crippen LogP contribution in [0.3, 0.4) is 0 Å². The van der Waals surface area contributed by atoms with E-state index in [2.05, 4.69) is 14.8 Å². The third-order valence-electron chi connectivity index (χ3n) is 4.82. The van der Waals surface area contributed by atoms with Gasteiger partial charge in [0.05, 0.1) is 18.4 Å². The fraction of sp³-hybridized carbons (Fsp3) is 0.0870. The van der Waals surface area contributed by atoms with Crippen LogP contribution in [-0.4, -0.2) is 25.4 Å². The van der Waals surface area contributed by atoms with Crippen LogP contribution in [0.2, 0.25) is 0 Å². The molecule has 4 aromatic rings. The summed E-state index contributed by atoms with van der Waals surface area (Å²) in [6, 6.07) is 12.9. The molecule has 0 unspecified atom stereocenters. The number of rotatable bonds is 6. The summed E-state index contributed by atoms with van der Waals surface area (Å²) in [5.74, 6) is -1.57. The standard InChI is InChI=1S/C23H19FN4O4/c1-27-22(16-4-7-18(24)8-5-16)17(12-25-27)6-11-20(29)26-19-9-2-15(3-10-19)13-28-21(30)14-32-23(28)31/h2-12,14,30H,13H2,1H3,(H,26,29). The van der Waals surface area contributed by atoms with Crippen LogP contribution in [0.1, 0.15) is 11.1 Å². The van der Waals surface area contributed by atoms with Crippen molar-refractivity contribution in [2.45, 2.75) is 6.54 Å². The molecule has 32 heavy (non-hydrogen) atoms. The van der Waals surface area contributed by atoms with Crippen LogP contribution in [-0.2, 0) is 18.4 Å². The topological polar surface area (TPSA) is 102 Å². The van der Waals surface area contributed by atoms with Gasteiger partial charge in [-0.05, 0) is 48.0 Å². The van der Waals surface area contributed by atoms with Crippen molar-refractivity contribution in [1.29, 1.82) is 0 Å². The number of aromatic hydroxyl groups is 1. The molecule has 0 bridgehead atoms.